The number of piperidine rings is 1. The van der Waals surface area contributed by atoms with Crippen LogP contribution in [0.3, 0.4) is 0 Å². The van der Waals surface area contributed by atoms with Crippen LogP contribution in [0, 0.1) is 11.6 Å². The fraction of sp³-hybridized carbons (Fsp3) is 0.625. The predicted octanol–water partition coefficient (Wildman–Crippen LogP) is 2.47. The Labute approximate surface area is 123 Å². The summed E-state index contributed by atoms with van der Waals surface area (Å²) in [5.74, 6) is -0.781. The summed E-state index contributed by atoms with van der Waals surface area (Å²) in [4.78, 5) is 2.09. The molecule has 1 spiro atoms. The van der Waals surface area contributed by atoms with Crippen LogP contribution in [-0.2, 0) is 11.3 Å². The van der Waals surface area contributed by atoms with Crippen LogP contribution in [0.4, 0.5) is 8.78 Å². The van der Waals surface area contributed by atoms with Crippen LogP contribution in [0.15, 0.2) is 18.2 Å². The molecule has 1 N–H and O–H groups in total. The summed E-state index contributed by atoms with van der Waals surface area (Å²) < 4.78 is 32.7. The van der Waals surface area contributed by atoms with Crippen LogP contribution in [0.5, 0.6) is 0 Å². The molecule has 2 aliphatic heterocycles. The molecule has 3 rings (SSSR count). The van der Waals surface area contributed by atoms with Crippen molar-refractivity contribution in [2.75, 3.05) is 19.7 Å². The molecule has 2 heterocycles. The van der Waals surface area contributed by atoms with Crippen LogP contribution in [0.2, 0.25) is 0 Å². The molecule has 0 saturated carbocycles. The van der Waals surface area contributed by atoms with E-state index in [1.807, 2.05) is 0 Å². The fourth-order valence-corrected chi connectivity index (χ4v) is 3.38. The molecule has 1 aromatic carbocycles. The Morgan fingerprint density at radius 3 is 2.76 bits per heavy atom. The zero-order valence-corrected chi connectivity index (χ0v) is 12.0. The Balaban J connectivity index is 1.62. The molecule has 116 valence electrons. The van der Waals surface area contributed by atoms with E-state index in [-0.39, 0.29) is 5.82 Å². The monoisotopic (exact) mass is 297 g/mol. The molecule has 0 amide bonds. The summed E-state index contributed by atoms with van der Waals surface area (Å²) in [5.41, 5.74) is -0.0362. The molecule has 0 bridgehead atoms. The molecule has 2 saturated heterocycles. The molecule has 0 aliphatic carbocycles. The average molecular weight is 297 g/mol. The van der Waals surface area contributed by atoms with Gasteiger partial charge in [-0.15, -0.1) is 0 Å². The lowest BCUT2D eigenvalue weighted by atomic mass is 9.82. The van der Waals surface area contributed by atoms with Gasteiger partial charge in [-0.1, -0.05) is 0 Å². The summed E-state index contributed by atoms with van der Waals surface area (Å²) >= 11 is 0. The lowest BCUT2D eigenvalue weighted by molar-refractivity contribution is -0.177. The Hall–Kier alpha value is -1.04. The van der Waals surface area contributed by atoms with Crippen LogP contribution in [-0.4, -0.2) is 41.4 Å². The number of hydrogen-bond acceptors (Lipinski definition) is 3. The number of hydrogen-bond donors (Lipinski definition) is 1. The quantitative estimate of drug-likeness (QED) is 0.910. The lowest BCUT2D eigenvalue weighted by Gasteiger charge is -2.46. The summed E-state index contributed by atoms with van der Waals surface area (Å²) in [6, 6.07) is 3.56. The molecule has 5 heteroatoms. The van der Waals surface area contributed by atoms with E-state index in [1.54, 1.807) is 0 Å². The lowest BCUT2D eigenvalue weighted by Crippen LogP contribution is -2.55. The van der Waals surface area contributed by atoms with Gasteiger partial charge in [0.15, 0.2) is 0 Å². The molecule has 2 fully saturated rings. The number of nitrogens with zero attached hydrogens (tertiary/aromatic N) is 1. The largest absolute Gasteiger partial charge is 0.390 e. The number of halogens is 2. The van der Waals surface area contributed by atoms with Gasteiger partial charge in [-0.3, -0.25) is 4.90 Å². The van der Waals surface area contributed by atoms with E-state index in [0.29, 0.717) is 18.7 Å². The maximum absolute atomic E-state index is 13.7. The van der Waals surface area contributed by atoms with E-state index in [2.05, 4.69) is 4.90 Å². The third kappa shape index (κ3) is 3.10. The molecule has 3 nitrogen and oxygen atoms in total. The second kappa shape index (κ2) is 5.99. The third-order valence-electron chi connectivity index (χ3n) is 4.72. The summed E-state index contributed by atoms with van der Waals surface area (Å²) in [6.07, 6.45) is 2.77. The number of ether oxygens (including phenoxy) is 1. The molecule has 1 aromatic rings. The van der Waals surface area contributed by atoms with Crippen molar-refractivity contribution in [3.05, 3.63) is 35.4 Å². The maximum Gasteiger partial charge on any atom is 0.127 e. The van der Waals surface area contributed by atoms with Crippen molar-refractivity contribution < 1.29 is 18.6 Å². The Bertz CT molecular complexity index is 501. The van der Waals surface area contributed by atoms with E-state index in [1.165, 1.54) is 12.1 Å². The van der Waals surface area contributed by atoms with Crippen LogP contribution in [0.25, 0.3) is 0 Å². The molecule has 0 unspecified atom stereocenters. The maximum atomic E-state index is 13.7. The molecular formula is C16H21F2NO2. The van der Waals surface area contributed by atoms with Crippen molar-refractivity contribution in [2.45, 2.75) is 43.9 Å². The molecular weight excluding hydrogens is 276 g/mol. The summed E-state index contributed by atoms with van der Waals surface area (Å²) in [6.45, 7) is 2.56. The molecule has 1 atom stereocenters. The van der Waals surface area contributed by atoms with Crippen molar-refractivity contribution >= 4 is 0 Å². The van der Waals surface area contributed by atoms with Crippen molar-refractivity contribution in [1.29, 1.82) is 0 Å². The molecule has 21 heavy (non-hydrogen) atoms. The first-order valence-electron chi connectivity index (χ1n) is 7.57. The molecule has 0 radical (unpaired) electrons. The van der Waals surface area contributed by atoms with Crippen LogP contribution >= 0.6 is 0 Å². The minimum Gasteiger partial charge on any atom is -0.390 e. The third-order valence-corrected chi connectivity index (χ3v) is 4.72. The predicted molar refractivity (Wildman–Crippen MR) is 74.8 cm³/mol. The van der Waals surface area contributed by atoms with E-state index >= 15 is 0 Å². The Morgan fingerprint density at radius 1 is 1.29 bits per heavy atom. The number of rotatable bonds is 2. The highest BCUT2D eigenvalue weighted by atomic mass is 19.1. The smallest absolute Gasteiger partial charge is 0.127 e. The van der Waals surface area contributed by atoms with Gasteiger partial charge in [0.2, 0.25) is 0 Å². The van der Waals surface area contributed by atoms with Gasteiger partial charge in [-0.05, 0) is 43.9 Å². The first kappa shape index (κ1) is 14.9. The second-order valence-electron chi connectivity index (χ2n) is 6.08. The standard InChI is InChI=1S/C16H21F2NO2/c17-13-3-4-14(18)12(10-13)11-19-7-5-16(6-8-19)15(20)2-1-9-21-16/h3-4,10,15,20H,1-2,5-9,11H2/t15-/m1/s1. The van der Waals surface area contributed by atoms with Crippen molar-refractivity contribution in [3.8, 4) is 0 Å². The second-order valence-corrected chi connectivity index (χ2v) is 6.08. The highest BCUT2D eigenvalue weighted by molar-refractivity contribution is 5.18. The van der Waals surface area contributed by atoms with Crippen LogP contribution < -0.4 is 0 Å². The number of likely N-dealkylation sites (tertiary alicyclic amines) is 1. The van der Waals surface area contributed by atoms with Gasteiger partial charge in [0, 0.05) is 31.8 Å². The normalized spacial score (nSPS) is 26.1. The van der Waals surface area contributed by atoms with E-state index < -0.39 is 17.5 Å². The average Bonchev–Trinajstić information content (AvgIpc) is 2.48. The van der Waals surface area contributed by atoms with E-state index in [0.717, 1.165) is 44.8 Å². The van der Waals surface area contributed by atoms with E-state index in [9.17, 15) is 13.9 Å². The first-order chi connectivity index (χ1) is 10.1. The minimum absolute atomic E-state index is 0.370. The zero-order valence-electron chi connectivity index (χ0n) is 12.0. The van der Waals surface area contributed by atoms with Gasteiger partial charge in [-0.2, -0.15) is 0 Å². The number of aliphatic hydroxyl groups excluding tert-OH is 1. The molecule has 2 aliphatic rings. The molecule has 0 aromatic heterocycles. The highest BCUT2D eigenvalue weighted by Crippen LogP contribution is 2.35. The van der Waals surface area contributed by atoms with Gasteiger partial charge in [-0.25, -0.2) is 8.78 Å². The zero-order chi connectivity index (χ0) is 14.9. The summed E-state index contributed by atoms with van der Waals surface area (Å²) in [7, 11) is 0. The summed E-state index contributed by atoms with van der Waals surface area (Å²) in [5, 5.41) is 10.2. The Morgan fingerprint density at radius 2 is 2.05 bits per heavy atom. The highest BCUT2D eigenvalue weighted by Gasteiger charge is 2.43. The Kier molecular flexibility index (Phi) is 4.24. The number of aliphatic hydroxyl groups is 1. The fourth-order valence-electron chi connectivity index (χ4n) is 3.38. The van der Waals surface area contributed by atoms with Gasteiger partial charge >= 0.3 is 0 Å². The van der Waals surface area contributed by atoms with E-state index in [4.69, 9.17) is 4.74 Å². The minimum atomic E-state index is -0.421. The van der Waals surface area contributed by atoms with Gasteiger partial charge in [0.05, 0.1) is 11.7 Å². The topological polar surface area (TPSA) is 32.7 Å². The number of benzene rings is 1. The first-order valence-corrected chi connectivity index (χ1v) is 7.57. The van der Waals surface area contributed by atoms with Crippen LogP contribution in [0.1, 0.15) is 31.2 Å². The van der Waals surface area contributed by atoms with Gasteiger partial charge < -0.3 is 9.84 Å². The van der Waals surface area contributed by atoms with Crippen molar-refractivity contribution in [1.82, 2.24) is 4.90 Å². The van der Waals surface area contributed by atoms with Crippen molar-refractivity contribution in [2.24, 2.45) is 0 Å². The van der Waals surface area contributed by atoms with Gasteiger partial charge in [0.25, 0.3) is 0 Å². The SMILES string of the molecule is O[C@@H]1CCCOC12CCN(Cc1cc(F)ccc1F)CC2. The van der Waals surface area contributed by atoms with Gasteiger partial charge in [0.1, 0.15) is 11.6 Å². The van der Waals surface area contributed by atoms with Crippen molar-refractivity contribution in [3.63, 3.8) is 0 Å².